The number of ether oxygens (including phenoxy) is 3. The Kier molecular flexibility index (Phi) is 4.71. The van der Waals surface area contributed by atoms with Crippen LogP contribution in [0.25, 0.3) is 0 Å². The molecular formula is C13H22O4. The van der Waals surface area contributed by atoms with Gasteiger partial charge in [-0.1, -0.05) is 19.9 Å². The van der Waals surface area contributed by atoms with E-state index in [0.29, 0.717) is 12.8 Å². The average molecular weight is 242 g/mol. The van der Waals surface area contributed by atoms with Crippen LogP contribution >= 0.6 is 0 Å². The fourth-order valence-electron chi connectivity index (χ4n) is 2.33. The Bertz CT molecular complexity index is 285. The molecule has 1 fully saturated rings. The van der Waals surface area contributed by atoms with Crippen LogP contribution in [0.1, 0.15) is 26.7 Å². The number of methoxy groups -OCH3 is 2. The molecule has 1 aliphatic rings. The molecule has 0 spiro atoms. The lowest BCUT2D eigenvalue weighted by atomic mass is 9.75. The first-order chi connectivity index (χ1) is 7.97. The van der Waals surface area contributed by atoms with E-state index in [4.69, 9.17) is 14.2 Å². The maximum absolute atomic E-state index is 11.6. The summed E-state index contributed by atoms with van der Waals surface area (Å²) in [6.45, 7) is 7.90. The molecule has 0 aliphatic carbocycles. The topological polar surface area (TPSA) is 44.8 Å². The first-order valence-corrected chi connectivity index (χ1v) is 5.84. The molecule has 0 aromatic heterocycles. The number of hydrogen-bond donors (Lipinski definition) is 0. The molecule has 0 amide bonds. The summed E-state index contributed by atoms with van der Waals surface area (Å²) in [4.78, 5) is 11.6. The van der Waals surface area contributed by atoms with Crippen molar-refractivity contribution < 1.29 is 19.0 Å². The monoisotopic (exact) mass is 242 g/mol. The maximum atomic E-state index is 11.6. The van der Waals surface area contributed by atoms with Gasteiger partial charge in [-0.3, -0.25) is 0 Å². The van der Waals surface area contributed by atoms with Crippen molar-refractivity contribution >= 4 is 5.97 Å². The minimum Gasteiger partial charge on any atom is -0.467 e. The number of carbonyl (C=O) groups excluding carboxylic acids is 1. The molecule has 0 aromatic carbocycles. The normalized spacial score (nSPS) is 31.9. The second kappa shape index (κ2) is 5.65. The summed E-state index contributed by atoms with van der Waals surface area (Å²) in [5.74, 6) is -0.336. The first kappa shape index (κ1) is 14.2. The molecule has 3 atom stereocenters. The largest absolute Gasteiger partial charge is 0.467 e. The molecule has 0 N–H and O–H groups in total. The van der Waals surface area contributed by atoms with Crippen molar-refractivity contribution in [1.82, 2.24) is 0 Å². The van der Waals surface area contributed by atoms with Gasteiger partial charge in [0.25, 0.3) is 0 Å². The van der Waals surface area contributed by atoms with Crippen LogP contribution in [0, 0.1) is 5.41 Å². The molecule has 0 saturated carbocycles. The van der Waals surface area contributed by atoms with Gasteiger partial charge in [-0.15, -0.1) is 6.58 Å². The Morgan fingerprint density at radius 1 is 1.53 bits per heavy atom. The van der Waals surface area contributed by atoms with Crippen molar-refractivity contribution in [2.24, 2.45) is 5.41 Å². The molecule has 0 aromatic rings. The molecule has 1 rings (SSSR count). The quantitative estimate of drug-likeness (QED) is 0.558. The molecule has 1 saturated heterocycles. The van der Waals surface area contributed by atoms with Gasteiger partial charge < -0.3 is 14.2 Å². The number of hydrogen-bond acceptors (Lipinski definition) is 4. The van der Waals surface area contributed by atoms with E-state index < -0.39 is 6.10 Å². The van der Waals surface area contributed by atoms with Crippen LogP contribution in [0.15, 0.2) is 12.7 Å². The van der Waals surface area contributed by atoms with Crippen molar-refractivity contribution in [2.75, 3.05) is 14.2 Å². The molecule has 4 nitrogen and oxygen atoms in total. The van der Waals surface area contributed by atoms with E-state index in [1.165, 1.54) is 7.11 Å². The third-order valence-corrected chi connectivity index (χ3v) is 3.55. The molecule has 0 radical (unpaired) electrons. The maximum Gasteiger partial charge on any atom is 0.335 e. The smallest absolute Gasteiger partial charge is 0.335 e. The average Bonchev–Trinajstić information content (AvgIpc) is 2.30. The van der Waals surface area contributed by atoms with E-state index in [0.717, 1.165) is 0 Å². The summed E-state index contributed by atoms with van der Waals surface area (Å²) in [6, 6.07) is 0. The lowest BCUT2D eigenvalue weighted by Crippen LogP contribution is -2.53. The molecule has 0 bridgehead atoms. The third kappa shape index (κ3) is 2.87. The molecule has 1 aliphatic heterocycles. The summed E-state index contributed by atoms with van der Waals surface area (Å²) >= 11 is 0. The highest BCUT2D eigenvalue weighted by atomic mass is 16.6. The van der Waals surface area contributed by atoms with Crippen molar-refractivity contribution in [3.8, 4) is 0 Å². The highest BCUT2D eigenvalue weighted by Crippen LogP contribution is 2.39. The first-order valence-electron chi connectivity index (χ1n) is 5.84. The van der Waals surface area contributed by atoms with Crippen LogP contribution in [-0.4, -0.2) is 38.5 Å². The van der Waals surface area contributed by atoms with Crippen molar-refractivity contribution in [3.05, 3.63) is 12.7 Å². The predicted molar refractivity (Wildman–Crippen MR) is 64.7 cm³/mol. The Balaban J connectivity index is 2.87. The van der Waals surface area contributed by atoms with Gasteiger partial charge in [0.1, 0.15) is 0 Å². The zero-order valence-electron chi connectivity index (χ0n) is 11.1. The van der Waals surface area contributed by atoms with E-state index in [1.54, 1.807) is 13.2 Å². The third-order valence-electron chi connectivity index (χ3n) is 3.55. The van der Waals surface area contributed by atoms with Crippen LogP contribution in [0.3, 0.4) is 0 Å². The molecule has 17 heavy (non-hydrogen) atoms. The van der Waals surface area contributed by atoms with E-state index in [9.17, 15) is 4.79 Å². The predicted octanol–water partition coefficient (Wildman–Crippen LogP) is 1.93. The molecule has 98 valence electrons. The van der Waals surface area contributed by atoms with Crippen molar-refractivity contribution in [1.29, 1.82) is 0 Å². The number of esters is 1. The number of carbonyl (C=O) groups is 1. The summed E-state index contributed by atoms with van der Waals surface area (Å²) in [5, 5.41) is 0. The van der Waals surface area contributed by atoms with Gasteiger partial charge in [0, 0.05) is 18.9 Å². The summed E-state index contributed by atoms with van der Waals surface area (Å²) < 4.78 is 16.0. The summed E-state index contributed by atoms with van der Waals surface area (Å²) in [7, 11) is 3.03. The Labute approximate surface area is 103 Å². The van der Waals surface area contributed by atoms with Gasteiger partial charge in [0.2, 0.25) is 0 Å². The lowest BCUT2D eigenvalue weighted by molar-refractivity contribution is -0.199. The van der Waals surface area contributed by atoms with Gasteiger partial charge in [0.15, 0.2) is 6.10 Å². The van der Waals surface area contributed by atoms with Gasteiger partial charge in [0.05, 0.1) is 19.3 Å². The minimum atomic E-state index is -0.539. The van der Waals surface area contributed by atoms with Crippen LogP contribution in [0.4, 0.5) is 0 Å². The Morgan fingerprint density at radius 3 is 2.65 bits per heavy atom. The van der Waals surface area contributed by atoms with Crippen LogP contribution in [0.2, 0.25) is 0 Å². The van der Waals surface area contributed by atoms with Crippen molar-refractivity contribution in [2.45, 2.75) is 45.0 Å². The minimum absolute atomic E-state index is 0.0229. The van der Waals surface area contributed by atoms with Crippen LogP contribution < -0.4 is 0 Å². The molecule has 4 heteroatoms. The van der Waals surface area contributed by atoms with Crippen LogP contribution in [0.5, 0.6) is 0 Å². The fraction of sp³-hybridized carbons (Fsp3) is 0.769. The molecular weight excluding hydrogens is 220 g/mol. The second-order valence-corrected chi connectivity index (χ2v) is 4.94. The highest BCUT2D eigenvalue weighted by molar-refractivity contribution is 5.74. The molecule has 1 heterocycles. The SMILES string of the molecule is C=CC[C@H]1O[C@@H](C(=O)OC)C[C@@H](OC)C1(C)C. The van der Waals surface area contributed by atoms with Gasteiger partial charge in [-0.2, -0.15) is 0 Å². The standard InChI is InChI=1S/C13H22O4/c1-6-7-10-13(2,3)11(15-4)8-9(17-10)12(14)16-5/h6,9-11H,1,7-8H2,2-5H3/t9-,10-,11-/m1/s1. The Hall–Kier alpha value is -0.870. The fourth-order valence-corrected chi connectivity index (χ4v) is 2.33. The zero-order chi connectivity index (χ0) is 13.1. The van der Waals surface area contributed by atoms with Gasteiger partial charge in [-0.25, -0.2) is 4.79 Å². The van der Waals surface area contributed by atoms with E-state index >= 15 is 0 Å². The van der Waals surface area contributed by atoms with Gasteiger partial charge in [-0.05, 0) is 6.42 Å². The summed E-state index contributed by atoms with van der Waals surface area (Å²) in [5.41, 5.74) is -0.145. The van der Waals surface area contributed by atoms with Crippen LogP contribution in [-0.2, 0) is 19.0 Å². The second-order valence-electron chi connectivity index (χ2n) is 4.94. The van der Waals surface area contributed by atoms with E-state index in [1.807, 2.05) is 0 Å². The van der Waals surface area contributed by atoms with E-state index in [2.05, 4.69) is 20.4 Å². The zero-order valence-corrected chi connectivity index (χ0v) is 11.1. The van der Waals surface area contributed by atoms with Crippen molar-refractivity contribution in [3.63, 3.8) is 0 Å². The Morgan fingerprint density at radius 2 is 2.18 bits per heavy atom. The molecule has 0 unspecified atom stereocenters. The summed E-state index contributed by atoms with van der Waals surface area (Å²) in [6.07, 6.45) is 2.39. The van der Waals surface area contributed by atoms with Gasteiger partial charge >= 0.3 is 5.97 Å². The number of rotatable bonds is 4. The highest BCUT2D eigenvalue weighted by Gasteiger charge is 2.46. The lowest BCUT2D eigenvalue weighted by Gasteiger charge is -2.46. The van der Waals surface area contributed by atoms with E-state index in [-0.39, 0.29) is 23.6 Å².